The fraction of sp³-hybridized carbons (Fsp3) is 0.650. The number of nitrogens with one attached hydrogen (secondary N) is 2. The number of phenols is 1. The Balaban J connectivity index is 0.00000300. The van der Waals surface area contributed by atoms with Crippen molar-refractivity contribution in [3.8, 4) is 5.75 Å². The highest BCUT2D eigenvalue weighted by Gasteiger charge is 2.27. The van der Waals surface area contributed by atoms with Gasteiger partial charge in [-0.3, -0.25) is 4.99 Å². The molecule has 164 valence electrons. The molecular formula is C20H33IN4O3S. The molecule has 1 fully saturated rings. The predicted molar refractivity (Wildman–Crippen MR) is 128 cm³/mol. The van der Waals surface area contributed by atoms with Crippen LogP contribution in [0.15, 0.2) is 17.1 Å². The number of nitrogens with zero attached hydrogens (tertiary/aromatic N) is 2. The summed E-state index contributed by atoms with van der Waals surface area (Å²) in [6.45, 7) is 3.29. The van der Waals surface area contributed by atoms with Gasteiger partial charge in [0.1, 0.15) is 5.75 Å². The van der Waals surface area contributed by atoms with Crippen LogP contribution in [0, 0.1) is 0 Å². The van der Waals surface area contributed by atoms with Crippen LogP contribution < -0.4 is 10.6 Å². The molecule has 0 spiro atoms. The van der Waals surface area contributed by atoms with Crippen molar-refractivity contribution < 1.29 is 13.5 Å². The number of benzene rings is 1. The van der Waals surface area contributed by atoms with Crippen molar-refractivity contribution in [3.05, 3.63) is 28.8 Å². The lowest BCUT2D eigenvalue weighted by Crippen LogP contribution is -2.49. The molecule has 7 nitrogen and oxygen atoms in total. The highest BCUT2D eigenvalue weighted by Crippen LogP contribution is 2.30. The van der Waals surface area contributed by atoms with Crippen LogP contribution >= 0.6 is 24.0 Å². The minimum Gasteiger partial charge on any atom is -0.508 e. The van der Waals surface area contributed by atoms with Crippen LogP contribution in [0.5, 0.6) is 5.75 Å². The molecule has 1 aromatic rings. The summed E-state index contributed by atoms with van der Waals surface area (Å²) in [6.07, 6.45) is 5.97. The largest absolute Gasteiger partial charge is 0.508 e. The number of guanidine groups is 1. The maximum Gasteiger partial charge on any atom is 0.213 e. The van der Waals surface area contributed by atoms with Gasteiger partial charge >= 0.3 is 0 Å². The van der Waals surface area contributed by atoms with Gasteiger partial charge in [0.25, 0.3) is 0 Å². The van der Waals surface area contributed by atoms with Crippen LogP contribution in [-0.4, -0.2) is 55.7 Å². The zero-order chi connectivity index (χ0) is 20.1. The minimum atomic E-state index is -3.11. The van der Waals surface area contributed by atoms with Gasteiger partial charge in [0, 0.05) is 38.3 Å². The van der Waals surface area contributed by atoms with E-state index in [0.717, 1.165) is 37.7 Å². The Bertz CT molecular complexity index is 821. The van der Waals surface area contributed by atoms with Crippen LogP contribution in [-0.2, 0) is 29.4 Å². The summed E-state index contributed by atoms with van der Waals surface area (Å²) in [5.74, 6) is 1.17. The monoisotopic (exact) mass is 536 g/mol. The molecule has 1 heterocycles. The van der Waals surface area contributed by atoms with Gasteiger partial charge < -0.3 is 15.7 Å². The summed E-state index contributed by atoms with van der Waals surface area (Å²) < 4.78 is 25.6. The van der Waals surface area contributed by atoms with Gasteiger partial charge in [0.2, 0.25) is 10.0 Å². The van der Waals surface area contributed by atoms with Crippen molar-refractivity contribution in [2.75, 3.05) is 25.9 Å². The molecule has 0 radical (unpaired) electrons. The van der Waals surface area contributed by atoms with Gasteiger partial charge in [0.05, 0.1) is 5.75 Å². The van der Waals surface area contributed by atoms with Crippen LogP contribution in [0.4, 0.5) is 0 Å². The number of fused-ring (bicyclic) bond motifs is 1. The number of rotatable bonds is 5. The van der Waals surface area contributed by atoms with E-state index < -0.39 is 10.0 Å². The smallest absolute Gasteiger partial charge is 0.213 e. The summed E-state index contributed by atoms with van der Waals surface area (Å²) in [5, 5.41) is 17.1. The Morgan fingerprint density at radius 2 is 1.93 bits per heavy atom. The number of sulfonamides is 1. The van der Waals surface area contributed by atoms with E-state index >= 15 is 0 Å². The Labute approximate surface area is 191 Å². The minimum absolute atomic E-state index is 0. The lowest BCUT2D eigenvalue weighted by Gasteiger charge is -2.32. The van der Waals surface area contributed by atoms with Gasteiger partial charge in [-0.15, -0.1) is 24.0 Å². The first-order valence-electron chi connectivity index (χ1n) is 10.2. The van der Waals surface area contributed by atoms with Gasteiger partial charge in [0.15, 0.2) is 5.96 Å². The molecule has 3 rings (SSSR count). The third-order valence-electron chi connectivity index (χ3n) is 5.84. The fourth-order valence-corrected chi connectivity index (χ4v) is 5.24. The van der Waals surface area contributed by atoms with Crippen molar-refractivity contribution in [1.29, 1.82) is 0 Å². The molecule has 0 atom stereocenters. The molecule has 29 heavy (non-hydrogen) atoms. The Morgan fingerprint density at radius 1 is 1.24 bits per heavy atom. The van der Waals surface area contributed by atoms with Crippen LogP contribution in [0.1, 0.15) is 49.3 Å². The summed E-state index contributed by atoms with van der Waals surface area (Å²) in [4.78, 5) is 4.30. The second kappa shape index (κ2) is 10.8. The first-order valence-corrected chi connectivity index (χ1v) is 11.8. The average molecular weight is 536 g/mol. The van der Waals surface area contributed by atoms with E-state index in [9.17, 15) is 13.5 Å². The number of piperidine rings is 1. The van der Waals surface area contributed by atoms with Gasteiger partial charge in [-0.05, 0) is 62.6 Å². The molecule has 0 unspecified atom stereocenters. The van der Waals surface area contributed by atoms with E-state index in [1.165, 1.54) is 17.5 Å². The topological polar surface area (TPSA) is 94.0 Å². The summed E-state index contributed by atoms with van der Waals surface area (Å²) in [7, 11) is -1.38. The van der Waals surface area contributed by atoms with E-state index in [2.05, 4.69) is 15.6 Å². The maximum atomic E-state index is 12.0. The molecule has 0 saturated carbocycles. The van der Waals surface area contributed by atoms with Crippen molar-refractivity contribution in [1.82, 2.24) is 14.9 Å². The summed E-state index contributed by atoms with van der Waals surface area (Å²) in [5.41, 5.74) is 3.57. The molecule has 2 aliphatic rings. The molecule has 0 aromatic heterocycles. The van der Waals surface area contributed by atoms with E-state index in [-0.39, 0.29) is 35.8 Å². The van der Waals surface area contributed by atoms with Crippen molar-refractivity contribution in [3.63, 3.8) is 0 Å². The Kier molecular flexibility index (Phi) is 9.02. The number of halogens is 1. The highest BCUT2D eigenvalue weighted by molar-refractivity contribution is 14.0. The number of phenolic OH excluding ortho intramolecular Hbond substituents is 1. The van der Waals surface area contributed by atoms with E-state index in [1.807, 2.05) is 6.07 Å². The van der Waals surface area contributed by atoms with Gasteiger partial charge in [-0.2, -0.15) is 0 Å². The second-order valence-electron chi connectivity index (χ2n) is 7.55. The lowest BCUT2D eigenvalue weighted by molar-refractivity contribution is 0.306. The zero-order valence-electron chi connectivity index (χ0n) is 17.3. The summed E-state index contributed by atoms with van der Waals surface area (Å²) in [6, 6.07) is 4.02. The standard InChI is InChI=1S/C20H32N4O3S.HI/c1-3-28(26,27)24-12-10-16(11-13-24)23-20(21-2)22-14-18-17-7-5-4-6-15(17)8-9-19(18)25;/h8-9,16,25H,3-7,10-14H2,1-2H3,(H2,21,22,23);1H. The third kappa shape index (κ3) is 5.97. The number of hydrogen-bond acceptors (Lipinski definition) is 4. The van der Waals surface area contributed by atoms with Crippen LogP contribution in [0.25, 0.3) is 0 Å². The number of hydrogen-bond donors (Lipinski definition) is 3. The molecule has 1 aromatic carbocycles. The number of aliphatic imine (C=N–C) groups is 1. The Morgan fingerprint density at radius 3 is 2.59 bits per heavy atom. The lowest BCUT2D eigenvalue weighted by atomic mass is 9.88. The second-order valence-corrected chi connectivity index (χ2v) is 9.81. The third-order valence-corrected chi connectivity index (χ3v) is 7.72. The SMILES string of the molecule is CCS(=O)(=O)N1CCC(NC(=NC)NCc2c(O)ccc3c2CCCC3)CC1.I. The normalized spacial score (nSPS) is 18.6. The molecule has 1 aliphatic carbocycles. The molecule has 9 heteroatoms. The molecule has 1 aliphatic heterocycles. The van der Waals surface area contributed by atoms with Crippen molar-refractivity contribution >= 4 is 40.0 Å². The molecule has 1 saturated heterocycles. The molecule has 0 amide bonds. The number of aryl methyl sites for hydroxylation is 1. The fourth-order valence-electron chi connectivity index (χ4n) is 4.11. The molecule has 0 bridgehead atoms. The Hall–Kier alpha value is -1.07. The summed E-state index contributed by atoms with van der Waals surface area (Å²) >= 11 is 0. The quantitative estimate of drug-likeness (QED) is 0.305. The highest BCUT2D eigenvalue weighted by atomic mass is 127. The first-order chi connectivity index (χ1) is 13.4. The molecular weight excluding hydrogens is 503 g/mol. The first kappa shape index (κ1) is 24.2. The zero-order valence-corrected chi connectivity index (χ0v) is 20.4. The van der Waals surface area contributed by atoms with Gasteiger partial charge in [-0.1, -0.05) is 6.07 Å². The predicted octanol–water partition coefficient (Wildman–Crippen LogP) is 2.37. The van der Waals surface area contributed by atoms with Crippen LogP contribution in [0.3, 0.4) is 0 Å². The van der Waals surface area contributed by atoms with E-state index in [0.29, 0.717) is 31.3 Å². The van der Waals surface area contributed by atoms with Gasteiger partial charge in [-0.25, -0.2) is 12.7 Å². The average Bonchev–Trinajstić information content (AvgIpc) is 2.72. The van der Waals surface area contributed by atoms with E-state index in [1.54, 1.807) is 24.3 Å². The number of aromatic hydroxyl groups is 1. The molecule has 3 N–H and O–H groups in total. The van der Waals surface area contributed by atoms with Crippen LogP contribution in [0.2, 0.25) is 0 Å². The maximum absolute atomic E-state index is 12.0. The van der Waals surface area contributed by atoms with Crippen molar-refractivity contribution in [2.24, 2.45) is 4.99 Å². The van der Waals surface area contributed by atoms with E-state index in [4.69, 9.17) is 0 Å². The van der Waals surface area contributed by atoms with Crippen molar-refractivity contribution in [2.45, 2.75) is 58.0 Å².